The van der Waals surface area contributed by atoms with Crippen molar-refractivity contribution in [2.24, 2.45) is 0 Å². The minimum atomic E-state index is -0.532. The minimum absolute atomic E-state index is 0.0577. The molecule has 0 radical (unpaired) electrons. The van der Waals surface area contributed by atoms with E-state index in [0.717, 1.165) is 32.3 Å². The van der Waals surface area contributed by atoms with Crippen LogP contribution in [0.5, 0.6) is 0 Å². The minimum Gasteiger partial charge on any atom is -0.309 e. The highest BCUT2D eigenvalue weighted by Gasteiger charge is 2.19. The molecule has 8 aromatic carbocycles. The molecule has 0 aliphatic rings. The zero-order valence-corrected chi connectivity index (χ0v) is 30.3. The number of benzene rings is 8. The van der Waals surface area contributed by atoms with Crippen LogP contribution in [0.1, 0.15) is 12.3 Å². The quantitative estimate of drug-likeness (QED) is 0.170. The first kappa shape index (κ1) is 24.2. The van der Waals surface area contributed by atoms with Gasteiger partial charge in [0.25, 0.3) is 0 Å². The molecule has 3 heterocycles. The molecule has 0 amide bonds. The Labute approximate surface area is 340 Å². The molecule has 0 bridgehead atoms. The van der Waals surface area contributed by atoms with Gasteiger partial charge in [-0.05, 0) is 47.0 Å². The van der Waals surface area contributed by atoms with E-state index in [4.69, 9.17) is 25.9 Å². The average Bonchev–Trinajstić information content (AvgIpc) is 3.90. The van der Waals surface area contributed by atoms with E-state index in [1.54, 1.807) is 40.2 Å². The van der Waals surface area contributed by atoms with Crippen molar-refractivity contribution in [1.29, 1.82) is 0 Å². The van der Waals surface area contributed by atoms with Gasteiger partial charge in [-0.1, -0.05) is 164 Å². The summed E-state index contributed by atoms with van der Waals surface area (Å²) < 4.78 is 82.7. The van der Waals surface area contributed by atoms with Crippen LogP contribution in [0.15, 0.2) is 194 Å². The van der Waals surface area contributed by atoms with Crippen molar-refractivity contribution < 1.29 is 12.3 Å². The summed E-state index contributed by atoms with van der Waals surface area (Å²) in [5.74, 6) is 1.25. The van der Waals surface area contributed by atoms with E-state index in [0.29, 0.717) is 39.6 Å². The molecule has 56 heavy (non-hydrogen) atoms. The van der Waals surface area contributed by atoms with E-state index in [2.05, 4.69) is 36.4 Å². The van der Waals surface area contributed by atoms with Crippen LogP contribution in [-0.4, -0.2) is 19.5 Å². The second-order valence-electron chi connectivity index (χ2n) is 13.4. The van der Waals surface area contributed by atoms with E-state index in [1.807, 2.05) is 78.9 Å². The van der Waals surface area contributed by atoms with E-state index in [-0.39, 0.29) is 34.1 Å². The Morgan fingerprint density at radius 2 is 1.02 bits per heavy atom. The molecular weight excluding hydrogens is 701 g/mol. The summed E-state index contributed by atoms with van der Waals surface area (Å²) in [6, 6.07) is 41.2. The predicted octanol–water partition coefficient (Wildman–Crippen LogP) is 13.7. The van der Waals surface area contributed by atoms with Crippen LogP contribution in [0.2, 0.25) is 0 Å². The first-order chi connectivity index (χ1) is 31.5. The number of fused-ring (bicyclic) bond motifs is 6. The largest absolute Gasteiger partial charge is 0.309 e. The lowest BCUT2D eigenvalue weighted by atomic mass is 10.0. The van der Waals surface area contributed by atoms with Gasteiger partial charge in [0.1, 0.15) is 0 Å². The van der Waals surface area contributed by atoms with Crippen molar-refractivity contribution in [1.82, 2.24) is 19.5 Å². The Balaban J connectivity index is 1.15. The SMILES string of the molecule is [2H]c1c([2H])c([2H])c(-c2cccc3c4c([2H])c([2H])c([2H])c([2H])c4n(-c4cccc(-c5nc(-c6ccc(-c7ccccc7)cc6)nc(-c6ccc7c(c6)sc6ccccc67)n5)c4)c23)c([2H])c1[2H]. The molecule has 4 nitrogen and oxygen atoms in total. The zero-order valence-electron chi connectivity index (χ0n) is 38.5. The van der Waals surface area contributed by atoms with Crippen LogP contribution in [0.3, 0.4) is 0 Å². The molecule has 0 N–H and O–H groups in total. The van der Waals surface area contributed by atoms with Crippen molar-refractivity contribution in [3.05, 3.63) is 194 Å². The van der Waals surface area contributed by atoms with E-state index in [9.17, 15) is 1.37 Å². The molecule has 0 spiro atoms. The van der Waals surface area contributed by atoms with Crippen molar-refractivity contribution in [2.75, 3.05) is 0 Å². The number of hydrogen-bond donors (Lipinski definition) is 0. The third-order valence-electron chi connectivity index (χ3n) is 10.1. The monoisotopic (exact) mass is 741 g/mol. The molecule has 0 saturated heterocycles. The Hall–Kier alpha value is -7.21. The summed E-state index contributed by atoms with van der Waals surface area (Å²) in [7, 11) is 0. The third kappa shape index (κ3) is 5.48. The second-order valence-corrected chi connectivity index (χ2v) is 14.5. The smallest absolute Gasteiger partial charge is 0.164 e. The molecule has 0 aliphatic heterocycles. The maximum atomic E-state index is 9.23. The summed E-state index contributed by atoms with van der Waals surface area (Å²) in [4.78, 5) is 15.2. The molecule has 0 atom stereocenters. The maximum absolute atomic E-state index is 9.23. The van der Waals surface area contributed by atoms with Gasteiger partial charge in [-0.3, -0.25) is 0 Å². The molecule has 0 unspecified atom stereocenters. The molecule has 5 heteroatoms. The van der Waals surface area contributed by atoms with Crippen LogP contribution in [0.4, 0.5) is 0 Å². The molecule has 0 saturated carbocycles. The van der Waals surface area contributed by atoms with Crippen LogP contribution in [0.25, 0.3) is 104 Å². The summed E-state index contributed by atoms with van der Waals surface area (Å²) in [5, 5.41) is 2.96. The molecular formula is C51H32N4S. The standard InChI is InChI=1S/C51H32N4S/c1-3-13-33(14-4-1)34-25-27-36(28-26-34)49-52-50(54-51(53-49)38-29-30-43-42-20-8-10-24-46(42)56-47(43)32-38)37-17-11-18-39(31-37)55-45-23-9-7-19-41(45)44-22-12-21-40(48(44)55)35-15-5-2-6-16-35/h1-32H/i2D,5D,6D,7D,9D,15D,16D,19D,23D. The molecule has 3 aromatic heterocycles. The van der Waals surface area contributed by atoms with E-state index >= 15 is 0 Å². The zero-order chi connectivity index (χ0) is 44.8. The maximum Gasteiger partial charge on any atom is 0.164 e. The highest BCUT2D eigenvalue weighted by molar-refractivity contribution is 7.25. The lowest BCUT2D eigenvalue weighted by Gasteiger charge is -2.13. The number of nitrogens with zero attached hydrogens (tertiary/aromatic N) is 4. The van der Waals surface area contributed by atoms with Gasteiger partial charge in [0, 0.05) is 58.9 Å². The first-order valence-corrected chi connectivity index (χ1v) is 18.9. The van der Waals surface area contributed by atoms with Gasteiger partial charge in [-0.25, -0.2) is 15.0 Å². The molecule has 262 valence electrons. The fourth-order valence-electron chi connectivity index (χ4n) is 7.47. The van der Waals surface area contributed by atoms with Gasteiger partial charge in [-0.2, -0.15) is 0 Å². The number of para-hydroxylation sites is 2. The van der Waals surface area contributed by atoms with Crippen LogP contribution >= 0.6 is 11.3 Å². The number of rotatable bonds is 6. The van der Waals surface area contributed by atoms with Gasteiger partial charge in [0.15, 0.2) is 17.5 Å². The van der Waals surface area contributed by atoms with Gasteiger partial charge in [0.05, 0.1) is 23.4 Å². The molecule has 11 rings (SSSR count). The highest BCUT2D eigenvalue weighted by atomic mass is 32.1. The number of aromatic nitrogens is 4. The lowest BCUT2D eigenvalue weighted by molar-refractivity contribution is 1.07. The van der Waals surface area contributed by atoms with Crippen molar-refractivity contribution >= 4 is 53.3 Å². The van der Waals surface area contributed by atoms with Gasteiger partial charge in [-0.15, -0.1) is 11.3 Å². The normalized spacial score (nSPS) is 13.8. The summed E-state index contributed by atoms with van der Waals surface area (Å²) in [5.41, 5.74) is 5.45. The molecule has 0 aliphatic carbocycles. The van der Waals surface area contributed by atoms with Crippen molar-refractivity contribution in [2.45, 2.75) is 0 Å². The van der Waals surface area contributed by atoms with Crippen LogP contribution in [-0.2, 0) is 0 Å². The Morgan fingerprint density at radius 3 is 1.86 bits per heavy atom. The van der Waals surface area contributed by atoms with Gasteiger partial charge < -0.3 is 4.57 Å². The van der Waals surface area contributed by atoms with Gasteiger partial charge in [0.2, 0.25) is 0 Å². The topological polar surface area (TPSA) is 43.6 Å². The van der Waals surface area contributed by atoms with Crippen molar-refractivity contribution in [3.63, 3.8) is 0 Å². The van der Waals surface area contributed by atoms with Crippen molar-refractivity contribution in [3.8, 4) is 62.1 Å². The summed E-state index contributed by atoms with van der Waals surface area (Å²) in [6.07, 6.45) is 0. The van der Waals surface area contributed by atoms with Gasteiger partial charge >= 0.3 is 0 Å². The Bertz CT molecular complexity index is 3750. The Morgan fingerprint density at radius 1 is 0.411 bits per heavy atom. The highest BCUT2D eigenvalue weighted by Crippen LogP contribution is 2.40. The molecule has 11 aromatic rings. The van der Waals surface area contributed by atoms with Crippen LogP contribution < -0.4 is 0 Å². The van der Waals surface area contributed by atoms with Crippen LogP contribution in [0, 0.1) is 0 Å². The summed E-state index contributed by atoms with van der Waals surface area (Å²) >= 11 is 1.70. The number of hydrogen-bond acceptors (Lipinski definition) is 4. The average molecular weight is 742 g/mol. The third-order valence-corrected chi connectivity index (χ3v) is 11.2. The fourth-order valence-corrected chi connectivity index (χ4v) is 8.61. The summed E-state index contributed by atoms with van der Waals surface area (Å²) in [6.45, 7) is 0. The second kappa shape index (κ2) is 13.3. The molecule has 0 fully saturated rings. The lowest BCUT2D eigenvalue weighted by Crippen LogP contribution is -2.01. The number of thiophene rings is 1. The first-order valence-electron chi connectivity index (χ1n) is 22.5. The van der Waals surface area contributed by atoms with E-state index in [1.165, 1.54) is 10.1 Å². The fraction of sp³-hybridized carbons (Fsp3) is 0. The van der Waals surface area contributed by atoms with E-state index < -0.39 is 42.3 Å². The predicted molar refractivity (Wildman–Crippen MR) is 234 cm³/mol. The Kier molecular flexibility index (Phi) is 5.75.